The molecule has 2 unspecified atom stereocenters. The van der Waals surface area contributed by atoms with Crippen molar-refractivity contribution in [1.82, 2.24) is 9.88 Å². The number of carbonyl (C=O) groups is 1. The number of aliphatic hydroxyl groups excluding tert-OH is 1. The van der Waals surface area contributed by atoms with Gasteiger partial charge in [0.2, 0.25) is 0 Å². The fourth-order valence-electron chi connectivity index (χ4n) is 2.60. The van der Waals surface area contributed by atoms with Gasteiger partial charge in [0.05, 0.1) is 11.6 Å². The molecule has 0 aliphatic carbocycles. The quantitative estimate of drug-likeness (QED) is 0.881. The molecule has 5 heteroatoms. The second kappa shape index (κ2) is 5.62. The van der Waals surface area contributed by atoms with Gasteiger partial charge in [0.1, 0.15) is 5.69 Å². The Morgan fingerprint density at radius 2 is 2.14 bits per heavy atom. The second-order valence-electron chi connectivity index (χ2n) is 5.62. The Bertz CT molecular complexity index is 689. The van der Waals surface area contributed by atoms with Gasteiger partial charge in [0.25, 0.3) is 5.91 Å². The second-order valence-corrected chi connectivity index (χ2v) is 6.05. The molecule has 0 bridgehead atoms. The zero-order valence-corrected chi connectivity index (χ0v) is 12.5. The van der Waals surface area contributed by atoms with E-state index in [1.165, 1.54) is 0 Å². The number of hydrogen-bond acceptors (Lipinski definition) is 3. The lowest BCUT2D eigenvalue weighted by atomic mass is 9.96. The van der Waals surface area contributed by atoms with E-state index < -0.39 is 6.10 Å². The lowest BCUT2D eigenvalue weighted by molar-refractivity contribution is 0.0245. The van der Waals surface area contributed by atoms with Crippen molar-refractivity contribution in [3.8, 4) is 0 Å². The van der Waals surface area contributed by atoms with Gasteiger partial charge in [0, 0.05) is 23.5 Å². The number of pyridine rings is 1. The van der Waals surface area contributed by atoms with Gasteiger partial charge in [-0.05, 0) is 30.5 Å². The van der Waals surface area contributed by atoms with Crippen molar-refractivity contribution in [3.63, 3.8) is 0 Å². The molecular formula is C16H17ClN2O2. The van der Waals surface area contributed by atoms with Crippen LogP contribution in [0.2, 0.25) is 5.02 Å². The molecule has 1 aromatic heterocycles. The van der Waals surface area contributed by atoms with Gasteiger partial charge < -0.3 is 10.0 Å². The maximum atomic E-state index is 12.5. The summed E-state index contributed by atoms with van der Waals surface area (Å²) in [5.41, 5.74) is 1.10. The minimum absolute atomic E-state index is 0.136. The molecule has 0 saturated carbocycles. The van der Waals surface area contributed by atoms with Crippen LogP contribution >= 0.6 is 11.6 Å². The maximum Gasteiger partial charge on any atom is 0.272 e. The van der Waals surface area contributed by atoms with E-state index >= 15 is 0 Å². The summed E-state index contributed by atoms with van der Waals surface area (Å²) in [7, 11) is 0. The molecule has 0 radical (unpaired) electrons. The molecule has 0 spiro atoms. The molecule has 1 N–H and O–H groups in total. The summed E-state index contributed by atoms with van der Waals surface area (Å²) in [6.07, 6.45) is 0.351. The summed E-state index contributed by atoms with van der Waals surface area (Å²) in [6.45, 7) is 3.03. The summed E-state index contributed by atoms with van der Waals surface area (Å²) in [4.78, 5) is 18.6. The summed E-state index contributed by atoms with van der Waals surface area (Å²) in [5.74, 6) is 0.0974. The van der Waals surface area contributed by atoms with Crippen LogP contribution in [0.25, 0.3) is 10.9 Å². The van der Waals surface area contributed by atoms with E-state index in [2.05, 4.69) is 4.98 Å². The van der Waals surface area contributed by atoms with Gasteiger partial charge in [-0.15, -0.1) is 0 Å². The zero-order valence-electron chi connectivity index (χ0n) is 11.8. The third kappa shape index (κ3) is 2.87. The monoisotopic (exact) mass is 304 g/mol. The summed E-state index contributed by atoms with van der Waals surface area (Å²) in [6, 6.07) is 9.03. The number of fused-ring (bicyclic) bond motifs is 1. The highest BCUT2D eigenvalue weighted by Crippen LogP contribution is 2.21. The number of hydrogen-bond donors (Lipinski definition) is 1. The number of benzene rings is 1. The number of amides is 1. The van der Waals surface area contributed by atoms with Crippen LogP contribution in [0, 0.1) is 5.92 Å². The van der Waals surface area contributed by atoms with E-state index in [-0.39, 0.29) is 11.8 Å². The Morgan fingerprint density at radius 3 is 2.90 bits per heavy atom. The third-order valence-corrected chi connectivity index (χ3v) is 4.31. The molecule has 1 aliphatic rings. The highest BCUT2D eigenvalue weighted by molar-refractivity contribution is 6.31. The molecule has 21 heavy (non-hydrogen) atoms. The average molecular weight is 305 g/mol. The first-order chi connectivity index (χ1) is 10.0. The van der Waals surface area contributed by atoms with Gasteiger partial charge in [-0.1, -0.05) is 30.7 Å². The van der Waals surface area contributed by atoms with E-state index in [9.17, 15) is 9.90 Å². The van der Waals surface area contributed by atoms with Crippen LogP contribution in [-0.4, -0.2) is 40.1 Å². The highest BCUT2D eigenvalue weighted by Gasteiger charge is 2.28. The molecule has 2 atom stereocenters. The predicted octanol–water partition coefficient (Wildman–Crippen LogP) is 2.73. The number of rotatable bonds is 1. The molecule has 2 aromatic rings. The van der Waals surface area contributed by atoms with Crippen LogP contribution in [0.1, 0.15) is 23.8 Å². The highest BCUT2D eigenvalue weighted by atomic mass is 35.5. The Hall–Kier alpha value is -1.65. The molecule has 3 rings (SSSR count). The number of β-amino-alcohol motifs (C(OH)–C–C–N with tert-alkyl or cyclic N) is 1. The van der Waals surface area contributed by atoms with Crippen LogP contribution in [0.5, 0.6) is 0 Å². The molecule has 1 saturated heterocycles. The summed E-state index contributed by atoms with van der Waals surface area (Å²) < 4.78 is 0. The minimum atomic E-state index is -0.461. The normalized spacial score (nSPS) is 22.5. The fraction of sp³-hybridized carbons (Fsp3) is 0.375. The van der Waals surface area contributed by atoms with Crippen molar-refractivity contribution in [2.45, 2.75) is 19.4 Å². The van der Waals surface area contributed by atoms with Crippen molar-refractivity contribution in [3.05, 3.63) is 41.0 Å². The number of nitrogens with zero attached hydrogens (tertiary/aromatic N) is 2. The lowest BCUT2D eigenvalue weighted by Gasteiger charge is -2.34. The SMILES string of the molecule is CC1CCN(C(=O)c2ccc3ccc(Cl)cc3n2)CC1O. The number of halogens is 1. The van der Waals surface area contributed by atoms with Crippen molar-refractivity contribution < 1.29 is 9.90 Å². The topological polar surface area (TPSA) is 53.4 Å². The first-order valence-corrected chi connectivity index (χ1v) is 7.46. The molecule has 2 heterocycles. The smallest absolute Gasteiger partial charge is 0.272 e. The van der Waals surface area contributed by atoms with Crippen LogP contribution < -0.4 is 0 Å². The van der Waals surface area contributed by atoms with Gasteiger partial charge in [-0.25, -0.2) is 4.98 Å². The van der Waals surface area contributed by atoms with Gasteiger partial charge >= 0.3 is 0 Å². The number of aromatic nitrogens is 1. The average Bonchev–Trinajstić information content (AvgIpc) is 2.48. The van der Waals surface area contributed by atoms with Gasteiger partial charge in [-0.3, -0.25) is 4.79 Å². The molecular weight excluding hydrogens is 288 g/mol. The first-order valence-electron chi connectivity index (χ1n) is 7.08. The Balaban J connectivity index is 1.87. The number of piperidine rings is 1. The zero-order chi connectivity index (χ0) is 15.0. The molecule has 1 fully saturated rings. The van der Waals surface area contributed by atoms with Gasteiger partial charge in [0.15, 0.2) is 0 Å². The van der Waals surface area contributed by atoms with Crippen LogP contribution in [0.3, 0.4) is 0 Å². The summed E-state index contributed by atoms with van der Waals surface area (Å²) >= 11 is 5.97. The Morgan fingerprint density at radius 1 is 1.38 bits per heavy atom. The number of likely N-dealkylation sites (tertiary alicyclic amines) is 1. The lowest BCUT2D eigenvalue weighted by Crippen LogP contribution is -2.46. The van der Waals surface area contributed by atoms with Crippen molar-refractivity contribution in [1.29, 1.82) is 0 Å². The first kappa shape index (κ1) is 14.3. The molecule has 1 amide bonds. The van der Waals surface area contributed by atoms with E-state index in [4.69, 9.17) is 11.6 Å². The van der Waals surface area contributed by atoms with Gasteiger partial charge in [-0.2, -0.15) is 0 Å². The third-order valence-electron chi connectivity index (χ3n) is 4.08. The van der Waals surface area contributed by atoms with Crippen LogP contribution in [0.15, 0.2) is 30.3 Å². The maximum absolute atomic E-state index is 12.5. The van der Waals surface area contributed by atoms with Crippen molar-refractivity contribution >= 4 is 28.4 Å². The molecule has 1 aromatic carbocycles. The molecule has 1 aliphatic heterocycles. The van der Waals surface area contributed by atoms with E-state index in [0.29, 0.717) is 29.3 Å². The van der Waals surface area contributed by atoms with Crippen LogP contribution in [0.4, 0.5) is 0 Å². The number of aliphatic hydroxyl groups is 1. The van der Waals surface area contributed by atoms with Crippen molar-refractivity contribution in [2.75, 3.05) is 13.1 Å². The number of carbonyl (C=O) groups excluding carboxylic acids is 1. The minimum Gasteiger partial charge on any atom is -0.391 e. The van der Waals surface area contributed by atoms with Crippen LogP contribution in [-0.2, 0) is 0 Å². The van der Waals surface area contributed by atoms with E-state index in [1.807, 2.05) is 19.1 Å². The standard InChI is InChI=1S/C16H17ClN2O2/c1-10-6-7-19(9-15(10)20)16(21)13-5-3-11-2-4-12(17)8-14(11)18-13/h2-5,8,10,15,20H,6-7,9H2,1H3. The largest absolute Gasteiger partial charge is 0.391 e. The molecule has 4 nitrogen and oxygen atoms in total. The van der Waals surface area contributed by atoms with E-state index in [1.54, 1.807) is 23.1 Å². The Kier molecular flexibility index (Phi) is 3.83. The fourth-order valence-corrected chi connectivity index (χ4v) is 2.77. The molecule has 110 valence electrons. The van der Waals surface area contributed by atoms with Crippen molar-refractivity contribution in [2.24, 2.45) is 5.92 Å². The summed E-state index contributed by atoms with van der Waals surface area (Å²) in [5, 5.41) is 11.5. The Labute approximate surface area is 128 Å². The predicted molar refractivity (Wildman–Crippen MR) is 82.4 cm³/mol. The van der Waals surface area contributed by atoms with E-state index in [0.717, 1.165) is 11.8 Å².